The van der Waals surface area contributed by atoms with E-state index in [1.165, 1.54) is 0 Å². The van der Waals surface area contributed by atoms with Gasteiger partial charge in [0, 0.05) is 24.3 Å². The molecule has 5 nitrogen and oxygen atoms in total. The molecule has 0 fully saturated rings. The van der Waals surface area contributed by atoms with Crippen LogP contribution in [0.3, 0.4) is 0 Å². The number of hydrogen-bond donors (Lipinski definition) is 2. The van der Waals surface area contributed by atoms with E-state index in [1.54, 1.807) is 18.2 Å². The number of nitrogen functional groups attached to an aromatic ring is 1. The second-order valence-electron chi connectivity index (χ2n) is 4.69. The number of rotatable bonds is 4. The molecule has 0 bridgehead atoms. The van der Waals surface area contributed by atoms with Crippen molar-refractivity contribution >= 4 is 28.9 Å². The fourth-order valence-corrected chi connectivity index (χ4v) is 2.19. The van der Waals surface area contributed by atoms with E-state index in [0.29, 0.717) is 29.4 Å². The lowest BCUT2D eigenvalue weighted by Gasteiger charge is -2.08. The minimum atomic E-state index is -0.107. The number of halogens is 1. The van der Waals surface area contributed by atoms with Crippen LogP contribution in [0.4, 0.5) is 11.4 Å². The molecule has 1 heterocycles. The predicted octanol–water partition coefficient (Wildman–Crippen LogP) is 2.76. The van der Waals surface area contributed by atoms with Crippen LogP contribution in [0.1, 0.15) is 17.8 Å². The van der Waals surface area contributed by atoms with Gasteiger partial charge in [0.05, 0.1) is 16.4 Å². The number of hydrogen-bond acceptors (Lipinski definition) is 3. The third kappa shape index (κ3) is 3.51. The van der Waals surface area contributed by atoms with Crippen molar-refractivity contribution in [1.82, 2.24) is 9.78 Å². The number of carbonyl (C=O) groups excluding carboxylic acids is 1. The Morgan fingerprint density at radius 3 is 2.75 bits per heavy atom. The molecule has 3 N–H and O–H groups in total. The average Bonchev–Trinajstić information content (AvgIpc) is 2.69. The molecule has 1 aromatic heterocycles. The molecule has 1 aromatic carbocycles. The topological polar surface area (TPSA) is 72.9 Å². The molecule has 0 spiro atoms. The highest BCUT2D eigenvalue weighted by atomic mass is 35.5. The van der Waals surface area contributed by atoms with Crippen molar-refractivity contribution in [2.24, 2.45) is 0 Å². The lowest BCUT2D eigenvalue weighted by atomic mass is 10.2. The summed E-state index contributed by atoms with van der Waals surface area (Å²) in [7, 11) is 0. The average molecular weight is 293 g/mol. The van der Waals surface area contributed by atoms with E-state index in [4.69, 9.17) is 17.3 Å². The predicted molar refractivity (Wildman–Crippen MR) is 80.8 cm³/mol. The highest BCUT2D eigenvalue weighted by Gasteiger charge is 2.08. The summed E-state index contributed by atoms with van der Waals surface area (Å²) >= 11 is 6.01. The van der Waals surface area contributed by atoms with E-state index < -0.39 is 0 Å². The summed E-state index contributed by atoms with van der Waals surface area (Å²) in [6.45, 7) is 4.44. The summed E-state index contributed by atoms with van der Waals surface area (Å²) in [4.78, 5) is 11.9. The lowest BCUT2D eigenvalue weighted by molar-refractivity contribution is -0.116. The van der Waals surface area contributed by atoms with Crippen molar-refractivity contribution in [2.75, 3.05) is 11.1 Å². The summed E-state index contributed by atoms with van der Waals surface area (Å²) in [5.41, 5.74) is 8.73. The number of anilines is 2. The second kappa shape index (κ2) is 5.96. The van der Waals surface area contributed by atoms with Crippen LogP contribution in [-0.2, 0) is 11.3 Å². The Kier molecular flexibility index (Phi) is 4.29. The highest BCUT2D eigenvalue weighted by molar-refractivity contribution is 6.34. The van der Waals surface area contributed by atoms with Crippen LogP contribution in [0.15, 0.2) is 24.3 Å². The molecular formula is C14H17ClN4O. The Morgan fingerprint density at radius 1 is 1.40 bits per heavy atom. The number of nitrogens with zero attached hydrogens (tertiary/aromatic N) is 2. The van der Waals surface area contributed by atoms with Gasteiger partial charge in [-0.15, -0.1) is 0 Å². The number of nitrogens with one attached hydrogen (secondary N) is 1. The van der Waals surface area contributed by atoms with Crippen LogP contribution >= 0.6 is 11.6 Å². The maximum atomic E-state index is 11.9. The van der Waals surface area contributed by atoms with Crippen molar-refractivity contribution in [3.63, 3.8) is 0 Å². The molecule has 0 aliphatic carbocycles. The number of benzene rings is 1. The zero-order valence-electron chi connectivity index (χ0n) is 11.5. The maximum Gasteiger partial charge on any atom is 0.226 e. The zero-order chi connectivity index (χ0) is 14.7. The molecular weight excluding hydrogens is 276 g/mol. The first-order valence-electron chi connectivity index (χ1n) is 6.31. The molecule has 0 aliphatic heterocycles. The van der Waals surface area contributed by atoms with Gasteiger partial charge < -0.3 is 11.1 Å². The van der Waals surface area contributed by atoms with Crippen LogP contribution in [0.25, 0.3) is 0 Å². The first-order valence-corrected chi connectivity index (χ1v) is 6.69. The van der Waals surface area contributed by atoms with Crippen molar-refractivity contribution in [2.45, 2.75) is 26.8 Å². The van der Waals surface area contributed by atoms with Gasteiger partial charge in [0.25, 0.3) is 0 Å². The molecule has 20 heavy (non-hydrogen) atoms. The first-order chi connectivity index (χ1) is 9.45. The first kappa shape index (κ1) is 14.4. The van der Waals surface area contributed by atoms with E-state index in [2.05, 4.69) is 10.4 Å². The molecule has 2 rings (SSSR count). The van der Waals surface area contributed by atoms with E-state index in [9.17, 15) is 4.79 Å². The molecule has 0 atom stereocenters. The second-order valence-corrected chi connectivity index (χ2v) is 5.09. The number of aromatic nitrogens is 2. The van der Waals surface area contributed by atoms with Crippen LogP contribution in [0.2, 0.25) is 5.02 Å². The van der Waals surface area contributed by atoms with Crippen molar-refractivity contribution in [3.8, 4) is 0 Å². The number of aryl methyl sites for hydroxylation is 3. The van der Waals surface area contributed by atoms with Gasteiger partial charge in [0.15, 0.2) is 0 Å². The van der Waals surface area contributed by atoms with E-state index in [0.717, 1.165) is 11.4 Å². The van der Waals surface area contributed by atoms with Gasteiger partial charge in [0.2, 0.25) is 5.91 Å². The minimum absolute atomic E-state index is 0.107. The molecule has 0 saturated carbocycles. The fraction of sp³-hybridized carbons (Fsp3) is 0.286. The maximum absolute atomic E-state index is 11.9. The van der Waals surface area contributed by atoms with E-state index >= 15 is 0 Å². The molecule has 2 aromatic rings. The molecule has 0 aliphatic rings. The van der Waals surface area contributed by atoms with Gasteiger partial charge in [-0.3, -0.25) is 9.48 Å². The number of carbonyl (C=O) groups is 1. The Morgan fingerprint density at radius 2 is 2.15 bits per heavy atom. The van der Waals surface area contributed by atoms with Crippen LogP contribution in [0, 0.1) is 13.8 Å². The smallest absolute Gasteiger partial charge is 0.226 e. The van der Waals surface area contributed by atoms with Crippen molar-refractivity contribution < 1.29 is 4.79 Å². The SMILES string of the molecule is Cc1cc(C)n(CCC(=O)Nc2ccc(N)cc2Cl)n1. The third-order valence-electron chi connectivity index (χ3n) is 2.92. The normalized spacial score (nSPS) is 10.6. The Hall–Kier alpha value is -2.01. The molecule has 0 saturated heterocycles. The van der Waals surface area contributed by atoms with Crippen LogP contribution in [-0.4, -0.2) is 15.7 Å². The largest absolute Gasteiger partial charge is 0.399 e. The molecule has 1 amide bonds. The lowest BCUT2D eigenvalue weighted by Crippen LogP contribution is -2.15. The molecule has 0 radical (unpaired) electrons. The van der Waals surface area contributed by atoms with Gasteiger partial charge in [-0.1, -0.05) is 11.6 Å². The third-order valence-corrected chi connectivity index (χ3v) is 3.23. The van der Waals surface area contributed by atoms with Gasteiger partial charge in [-0.25, -0.2) is 0 Å². The summed E-state index contributed by atoms with van der Waals surface area (Å²) < 4.78 is 1.82. The Balaban J connectivity index is 1.94. The number of nitrogens with two attached hydrogens (primary N) is 1. The van der Waals surface area contributed by atoms with Gasteiger partial charge in [-0.05, 0) is 38.1 Å². The van der Waals surface area contributed by atoms with E-state index in [1.807, 2.05) is 24.6 Å². The minimum Gasteiger partial charge on any atom is -0.399 e. The van der Waals surface area contributed by atoms with Gasteiger partial charge >= 0.3 is 0 Å². The molecule has 6 heteroatoms. The Bertz CT molecular complexity index is 636. The fourth-order valence-electron chi connectivity index (χ4n) is 1.95. The van der Waals surface area contributed by atoms with Crippen LogP contribution < -0.4 is 11.1 Å². The standard InChI is InChI=1S/C14H17ClN4O/c1-9-7-10(2)19(18-9)6-5-14(20)17-13-4-3-11(16)8-12(13)15/h3-4,7-8H,5-6,16H2,1-2H3,(H,17,20). The van der Waals surface area contributed by atoms with Gasteiger partial charge in [0.1, 0.15) is 0 Å². The molecule has 106 valence electrons. The summed E-state index contributed by atoms with van der Waals surface area (Å²) in [6, 6.07) is 6.98. The summed E-state index contributed by atoms with van der Waals surface area (Å²) in [6.07, 6.45) is 0.336. The quantitative estimate of drug-likeness (QED) is 0.851. The monoisotopic (exact) mass is 292 g/mol. The van der Waals surface area contributed by atoms with E-state index in [-0.39, 0.29) is 5.91 Å². The van der Waals surface area contributed by atoms with Crippen molar-refractivity contribution in [1.29, 1.82) is 0 Å². The van der Waals surface area contributed by atoms with Gasteiger partial charge in [-0.2, -0.15) is 5.10 Å². The summed E-state index contributed by atoms with van der Waals surface area (Å²) in [5, 5.41) is 7.51. The molecule has 0 unspecified atom stereocenters. The zero-order valence-corrected chi connectivity index (χ0v) is 12.2. The highest BCUT2D eigenvalue weighted by Crippen LogP contribution is 2.24. The van der Waals surface area contributed by atoms with Crippen molar-refractivity contribution in [3.05, 3.63) is 40.7 Å². The Labute approximate surface area is 122 Å². The number of amides is 1. The van der Waals surface area contributed by atoms with Crippen LogP contribution in [0.5, 0.6) is 0 Å². The summed E-state index contributed by atoms with van der Waals surface area (Å²) in [5.74, 6) is -0.107.